The molecule has 2 aromatic rings. The van der Waals surface area contributed by atoms with Gasteiger partial charge in [0.1, 0.15) is 5.82 Å². The van der Waals surface area contributed by atoms with Crippen LogP contribution in [0.1, 0.15) is 30.5 Å². The molecule has 3 rings (SSSR count). The van der Waals surface area contributed by atoms with Crippen LogP contribution in [0.15, 0.2) is 60.1 Å². The Balaban J connectivity index is 1.91. The minimum Gasteiger partial charge on any atom is -0.503 e. The summed E-state index contributed by atoms with van der Waals surface area (Å²) in [5, 5.41) is 10.3. The van der Waals surface area contributed by atoms with Gasteiger partial charge in [0.15, 0.2) is 11.5 Å². The van der Waals surface area contributed by atoms with Crippen molar-refractivity contribution in [1.29, 1.82) is 0 Å². The number of aromatic nitrogens is 1. The van der Waals surface area contributed by atoms with Gasteiger partial charge in [-0.3, -0.25) is 14.6 Å². The van der Waals surface area contributed by atoms with Gasteiger partial charge in [0.25, 0.3) is 5.91 Å². The minimum atomic E-state index is -0.640. The largest absolute Gasteiger partial charge is 0.503 e. The number of hydrogen-bond acceptors (Lipinski definition) is 4. The second-order valence-corrected chi connectivity index (χ2v) is 6.10. The van der Waals surface area contributed by atoms with E-state index in [-0.39, 0.29) is 23.6 Å². The predicted octanol–water partition coefficient (Wildman–Crippen LogP) is 3.14. The molecule has 0 radical (unpaired) electrons. The summed E-state index contributed by atoms with van der Waals surface area (Å²) >= 11 is 0. The molecule has 1 aliphatic heterocycles. The number of amides is 1. The van der Waals surface area contributed by atoms with Crippen LogP contribution >= 0.6 is 0 Å². The van der Waals surface area contributed by atoms with E-state index in [0.29, 0.717) is 18.5 Å². The zero-order valence-corrected chi connectivity index (χ0v) is 14.4. The van der Waals surface area contributed by atoms with Crippen LogP contribution < -0.4 is 0 Å². The first kappa shape index (κ1) is 17.8. The maximum Gasteiger partial charge on any atom is 0.290 e. The summed E-state index contributed by atoms with van der Waals surface area (Å²) in [5.74, 6) is -1.64. The number of ketones is 1. The first-order valence-corrected chi connectivity index (χ1v) is 8.44. The Morgan fingerprint density at radius 1 is 1.19 bits per heavy atom. The van der Waals surface area contributed by atoms with Crippen LogP contribution in [0.5, 0.6) is 0 Å². The van der Waals surface area contributed by atoms with Gasteiger partial charge >= 0.3 is 0 Å². The first-order valence-electron chi connectivity index (χ1n) is 8.44. The maximum atomic E-state index is 13.1. The van der Waals surface area contributed by atoms with Crippen LogP contribution in [0.25, 0.3) is 0 Å². The third kappa shape index (κ3) is 3.35. The number of carbonyl (C=O) groups is 2. The highest BCUT2D eigenvalue weighted by Gasteiger charge is 2.42. The molecule has 1 unspecified atom stereocenters. The molecule has 1 aromatic heterocycles. The van der Waals surface area contributed by atoms with Crippen LogP contribution in [0, 0.1) is 5.82 Å². The van der Waals surface area contributed by atoms with Crippen molar-refractivity contribution in [2.24, 2.45) is 0 Å². The van der Waals surface area contributed by atoms with Crippen molar-refractivity contribution in [1.82, 2.24) is 9.88 Å². The Morgan fingerprint density at radius 3 is 2.46 bits per heavy atom. The number of aliphatic hydroxyl groups excluding tert-OH is 1. The molecule has 0 saturated carbocycles. The van der Waals surface area contributed by atoms with Crippen LogP contribution in [-0.4, -0.2) is 33.2 Å². The molecule has 1 N–H and O–H groups in total. The second kappa shape index (κ2) is 7.47. The zero-order valence-electron chi connectivity index (χ0n) is 14.4. The molecule has 2 heterocycles. The molecule has 0 bridgehead atoms. The average Bonchev–Trinajstić information content (AvgIpc) is 2.92. The number of nitrogens with zero attached hydrogens (tertiary/aromatic N) is 2. The zero-order chi connectivity index (χ0) is 18.7. The molecule has 6 heteroatoms. The lowest BCUT2D eigenvalue weighted by molar-refractivity contribution is -0.129. The van der Waals surface area contributed by atoms with E-state index in [9.17, 15) is 19.1 Å². The van der Waals surface area contributed by atoms with Crippen molar-refractivity contribution in [3.63, 3.8) is 0 Å². The van der Waals surface area contributed by atoms with Gasteiger partial charge in [-0.2, -0.15) is 0 Å². The lowest BCUT2D eigenvalue weighted by Gasteiger charge is -2.26. The van der Waals surface area contributed by atoms with Crippen molar-refractivity contribution in [2.75, 3.05) is 6.54 Å². The number of hydrogen-bond donors (Lipinski definition) is 1. The molecule has 5 nitrogen and oxygen atoms in total. The van der Waals surface area contributed by atoms with Crippen LogP contribution in [0.3, 0.4) is 0 Å². The quantitative estimate of drug-likeness (QED) is 0.865. The number of rotatable bonds is 6. The minimum absolute atomic E-state index is 0.128. The molecular weight excluding hydrogens is 335 g/mol. The van der Waals surface area contributed by atoms with Crippen molar-refractivity contribution >= 4 is 11.7 Å². The van der Waals surface area contributed by atoms with Gasteiger partial charge in [-0.1, -0.05) is 19.1 Å². The number of Topliss-reactive ketones (excluding diaryl/α,β-unsaturated/α-hetero) is 1. The molecule has 26 heavy (non-hydrogen) atoms. The fraction of sp³-hybridized carbons (Fsp3) is 0.250. The number of benzene rings is 1. The van der Waals surface area contributed by atoms with Gasteiger partial charge in [0.2, 0.25) is 0 Å². The van der Waals surface area contributed by atoms with Gasteiger partial charge in [-0.05, 0) is 41.8 Å². The monoisotopic (exact) mass is 354 g/mol. The van der Waals surface area contributed by atoms with Crippen molar-refractivity contribution in [2.45, 2.75) is 25.8 Å². The molecule has 0 spiro atoms. The highest BCUT2D eigenvalue weighted by atomic mass is 19.1. The summed E-state index contributed by atoms with van der Waals surface area (Å²) in [6, 6.07) is 8.85. The highest BCUT2D eigenvalue weighted by molar-refractivity contribution is 6.08. The number of pyridine rings is 1. The summed E-state index contributed by atoms with van der Waals surface area (Å²) < 4.78 is 13.1. The van der Waals surface area contributed by atoms with E-state index in [2.05, 4.69) is 4.98 Å². The molecule has 1 amide bonds. The summed E-state index contributed by atoms with van der Waals surface area (Å²) in [6.45, 7) is 1.99. The molecule has 0 saturated heterocycles. The number of aliphatic hydroxyl groups is 1. The Kier molecular flexibility index (Phi) is 5.11. The van der Waals surface area contributed by atoms with E-state index in [4.69, 9.17) is 0 Å². The van der Waals surface area contributed by atoms with E-state index in [1.807, 2.05) is 0 Å². The first-order chi connectivity index (χ1) is 12.5. The third-order valence-corrected chi connectivity index (χ3v) is 4.50. The summed E-state index contributed by atoms with van der Waals surface area (Å²) in [4.78, 5) is 30.4. The fourth-order valence-corrected chi connectivity index (χ4v) is 3.15. The van der Waals surface area contributed by atoms with Crippen LogP contribution in [-0.2, 0) is 16.0 Å². The summed E-state index contributed by atoms with van der Waals surface area (Å²) in [5.41, 5.74) is 1.71. The van der Waals surface area contributed by atoms with Gasteiger partial charge in [-0.25, -0.2) is 4.39 Å². The highest BCUT2D eigenvalue weighted by Crippen LogP contribution is 2.37. The molecule has 0 fully saturated rings. The molecule has 1 aromatic carbocycles. The number of carbonyl (C=O) groups excluding carboxylic acids is 2. The Bertz CT molecular complexity index is 847. The van der Waals surface area contributed by atoms with Gasteiger partial charge in [0.05, 0.1) is 11.6 Å². The lowest BCUT2D eigenvalue weighted by atomic mass is 9.95. The fourth-order valence-electron chi connectivity index (χ4n) is 3.15. The van der Waals surface area contributed by atoms with E-state index >= 15 is 0 Å². The van der Waals surface area contributed by atoms with E-state index in [1.165, 1.54) is 17.0 Å². The predicted molar refractivity (Wildman–Crippen MR) is 93.7 cm³/mol. The standard InChI is InChI=1S/C20H19FN2O3/c1-2-16(24)17-18(14-7-10-22-11-8-14)23(20(26)19(17)25)12-9-13-3-5-15(21)6-4-13/h3-8,10-11,18,25H,2,9,12H2,1H3. The lowest BCUT2D eigenvalue weighted by Crippen LogP contribution is -2.33. The third-order valence-electron chi connectivity index (χ3n) is 4.50. The Morgan fingerprint density at radius 2 is 1.85 bits per heavy atom. The van der Waals surface area contributed by atoms with Gasteiger partial charge in [-0.15, -0.1) is 0 Å². The Labute approximate surface area is 150 Å². The molecule has 134 valence electrons. The van der Waals surface area contributed by atoms with Crippen molar-refractivity contribution in [3.05, 3.63) is 77.1 Å². The van der Waals surface area contributed by atoms with E-state index < -0.39 is 17.7 Å². The molecular formula is C20H19FN2O3. The van der Waals surface area contributed by atoms with E-state index in [1.54, 1.807) is 43.6 Å². The summed E-state index contributed by atoms with van der Waals surface area (Å²) in [7, 11) is 0. The smallest absolute Gasteiger partial charge is 0.290 e. The van der Waals surface area contributed by atoms with Crippen molar-refractivity contribution in [3.8, 4) is 0 Å². The SMILES string of the molecule is CCC(=O)C1=C(O)C(=O)N(CCc2ccc(F)cc2)C1c1ccncc1. The molecule has 1 atom stereocenters. The molecule has 0 aliphatic carbocycles. The van der Waals surface area contributed by atoms with Crippen LogP contribution in [0.2, 0.25) is 0 Å². The topological polar surface area (TPSA) is 70.5 Å². The molecule has 1 aliphatic rings. The van der Waals surface area contributed by atoms with Gasteiger partial charge in [0, 0.05) is 25.4 Å². The van der Waals surface area contributed by atoms with Crippen molar-refractivity contribution < 1.29 is 19.1 Å². The van der Waals surface area contributed by atoms with E-state index in [0.717, 1.165) is 5.56 Å². The van der Waals surface area contributed by atoms with Crippen LogP contribution in [0.4, 0.5) is 4.39 Å². The summed E-state index contributed by atoms with van der Waals surface area (Å²) in [6.07, 6.45) is 3.84. The average molecular weight is 354 g/mol. The number of halogens is 1. The Hall–Kier alpha value is -3.02. The van der Waals surface area contributed by atoms with Gasteiger partial charge < -0.3 is 10.0 Å². The maximum absolute atomic E-state index is 13.1. The second-order valence-electron chi connectivity index (χ2n) is 6.10. The normalized spacial score (nSPS) is 17.1.